The largest absolute Gasteiger partial charge is 0.462 e. The molecule has 1 unspecified atom stereocenters. The van der Waals surface area contributed by atoms with Gasteiger partial charge in [-0.15, -0.1) is 0 Å². The first-order valence-electron chi connectivity index (χ1n) is 35.6. The molecule has 1 atom stereocenters. The Kier molecular flexibility index (Phi) is 67.2. The lowest BCUT2D eigenvalue weighted by Crippen LogP contribution is -2.30. The molecule has 0 aromatic carbocycles. The molecule has 0 aliphatic carbocycles. The summed E-state index contributed by atoms with van der Waals surface area (Å²) in [5.74, 6) is -0.865. The lowest BCUT2D eigenvalue weighted by Gasteiger charge is -2.18. The predicted octanol–water partition coefficient (Wildman–Crippen LogP) is 24.6. The van der Waals surface area contributed by atoms with Crippen molar-refractivity contribution in [3.63, 3.8) is 0 Å². The fraction of sp³-hybridized carbons (Fsp3) is 0.776. The number of rotatable bonds is 65. The molecular weight excluding hydrogens is 1010 g/mol. The molecule has 0 rings (SSSR count). The summed E-state index contributed by atoms with van der Waals surface area (Å²) < 4.78 is 16.9. The van der Waals surface area contributed by atoms with Crippen molar-refractivity contribution in [1.82, 2.24) is 0 Å². The number of hydrogen-bond acceptors (Lipinski definition) is 6. The second kappa shape index (κ2) is 70.1. The van der Waals surface area contributed by atoms with Crippen LogP contribution in [0.3, 0.4) is 0 Å². The van der Waals surface area contributed by atoms with Gasteiger partial charge in [-0.05, 0) is 96.3 Å². The van der Waals surface area contributed by atoms with Crippen molar-refractivity contribution in [3.05, 3.63) is 85.1 Å². The molecular formula is C76H134O6. The normalized spacial score (nSPS) is 12.6. The van der Waals surface area contributed by atoms with Crippen LogP contribution in [0, 0.1) is 0 Å². The lowest BCUT2D eigenvalue weighted by molar-refractivity contribution is -0.167. The van der Waals surface area contributed by atoms with Crippen molar-refractivity contribution >= 4 is 17.9 Å². The lowest BCUT2D eigenvalue weighted by atomic mass is 10.0. The first-order chi connectivity index (χ1) is 40.5. The van der Waals surface area contributed by atoms with Gasteiger partial charge in [0.05, 0.1) is 0 Å². The van der Waals surface area contributed by atoms with Gasteiger partial charge in [0.1, 0.15) is 13.2 Å². The van der Waals surface area contributed by atoms with E-state index < -0.39 is 6.10 Å². The molecule has 6 heteroatoms. The number of hydrogen-bond donors (Lipinski definition) is 0. The van der Waals surface area contributed by atoms with Gasteiger partial charge in [0.15, 0.2) is 6.10 Å². The molecule has 82 heavy (non-hydrogen) atoms. The van der Waals surface area contributed by atoms with Crippen molar-refractivity contribution in [2.75, 3.05) is 13.2 Å². The van der Waals surface area contributed by atoms with Gasteiger partial charge >= 0.3 is 17.9 Å². The molecule has 0 bridgehead atoms. The monoisotopic (exact) mass is 1140 g/mol. The van der Waals surface area contributed by atoms with E-state index in [4.69, 9.17) is 14.2 Å². The minimum atomic E-state index is -0.776. The summed E-state index contributed by atoms with van der Waals surface area (Å²) in [6, 6.07) is 0. The Balaban J connectivity index is 4.06. The van der Waals surface area contributed by atoms with Crippen molar-refractivity contribution in [2.45, 2.75) is 367 Å². The van der Waals surface area contributed by atoms with Crippen LogP contribution in [0.25, 0.3) is 0 Å². The molecule has 0 saturated carbocycles. The van der Waals surface area contributed by atoms with E-state index in [1.165, 1.54) is 225 Å². The molecule has 0 N–H and O–H groups in total. The Morgan fingerprint density at radius 2 is 0.476 bits per heavy atom. The number of carbonyl (C=O) groups is 3. The minimum Gasteiger partial charge on any atom is -0.462 e. The van der Waals surface area contributed by atoms with Crippen LogP contribution in [0.5, 0.6) is 0 Å². The zero-order valence-corrected chi connectivity index (χ0v) is 54.5. The van der Waals surface area contributed by atoms with E-state index in [2.05, 4.69) is 106 Å². The number of esters is 3. The van der Waals surface area contributed by atoms with Gasteiger partial charge in [-0.25, -0.2) is 0 Å². The summed E-state index contributed by atoms with van der Waals surface area (Å²) in [7, 11) is 0. The van der Waals surface area contributed by atoms with Crippen LogP contribution in [0.2, 0.25) is 0 Å². The van der Waals surface area contributed by atoms with Gasteiger partial charge < -0.3 is 14.2 Å². The molecule has 0 aliphatic heterocycles. The highest BCUT2D eigenvalue weighted by Gasteiger charge is 2.19. The summed E-state index contributed by atoms with van der Waals surface area (Å²) in [5.41, 5.74) is 0. The average Bonchev–Trinajstić information content (AvgIpc) is 3.47. The molecule has 0 heterocycles. The second-order valence-electron chi connectivity index (χ2n) is 23.8. The topological polar surface area (TPSA) is 78.9 Å². The van der Waals surface area contributed by atoms with Crippen molar-refractivity contribution in [3.8, 4) is 0 Å². The van der Waals surface area contributed by atoms with E-state index in [-0.39, 0.29) is 31.1 Å². The highest BCUT2D eigenvalue weighted by atomic mass is 16.6. The van der Waals surface area contributed by atoms with Crippen LogP contribution >= 0.6 is 0 Å². The smallest absolute Gasteiger partial charge is 0.306 e. The third-order valence-electron chi connectivity index (χ3n) is 15.6. The fourth-order valence-electron chi connectivity index (χ4n) is 10.3. The van der Waals surface area contributed by atoms with E-state index >= 15 is 0 Å². The maximum absolute atomic E-state index is 12.9. The standard InChI is InChI=1S/C76H134O6/c1-4-7-10-13-16-19-21-23-25-27-29-31-33-34-35-36-37-38-39-40-41-42-44-45-47-49-51-53-55-57-60-63-66-69-75(78)81-72-73(71-80-74(77)68-65-62-59-18-15-12-9-6-3)82-76(79)70-67-64-61-58-56-54-52-50-48-46-43-32-30-28-26-24-22-20-17-14-11-8-5-2/h8,11,17,20-21,23-24,26-27,29-30,32-34,73H,4-7,9-10,12-16,18-19,22,25,28,31,35-72H2,1-3H3/b11-8-,20-17-,23-21-,26-24-,29-27-,32-30-,34-33-. The molecule has 0 aliphatic rings. The zero-order chi connectivity index (χ0) is 59.2. The Morgan fingerprint density at radius 3 is 0.744 bits per heavy atom. The third kappa shape index (κ3) is 67.4. The Bertz CT molecular complexity index is 1550. The first-order valence-corrected chi connectivity index (χ1v) is 35.6. The van der Waals surface area contributed by atoms with E-state index in [0.717, 1.165) is 96.3 Å². The van der Waals surface area contributed by atoms with Crippen molar-refractivity contribution < 1.29 is 28.6 Å². The van der Waals surface area contributed by atoms with Crippen molar-refractivity contribution in [2.24, 2.45) is 0 Å². The second-order valence-corrected chi connectivity index (χ2v) is 23.8. The van der Waals surface area contributed by atoms with E-state index in [0.29, 0.717) is 19.3 Å². The first kappa shape index (κ1) is 78.6. The molecule has 0 aromatic heterocycles. The highest BCUT2D eigenvalue weighted by molar-refractivity contribution is 5.71. The third-order valence-corrected chi connectivity index (χ3v) is 15.6. The number of allylic oxidation sites excluding steroid dienone is 14. The summed E-state index contributed by atoms with van der Waals surface area (Å²) >= 11 is 0. The van der Waals surface area contributed by atoms with E-state index in [9.17, 15) is 14.4 Å². The van der Waals surface area contributed by atoms with Crippen LogP contribution in [-0.2, 0) is 28.6 Å². The summed E-state index contributed by atoms with van der Waals surface area (Å²) in [4.78, 5) is 38.2. The van der Waals surface area contributed by atoms with Gasteiger partial charge in [0.25, 0.3) is 0 Å². The Hall–Kier alpha value is -3.41. The van der Waals surface area contributed by atoms with Crippen LogP contribution in [0.15, 0.2) is 85.1 Å². The van der Waals surface area contributed by atoms with Crippen LogP contribution in [0.4, 0.5) is 0 Å². The fourth-order valence-corrected chi connectivity index (χ4v) is 10.3. The minimum absolute atomic E-state index is 0.0738. The van der Waals surface area contributed by atoms with Crippen LogP contribution in [-0.4, -0.2) is 37.2 Å². The SMILES string of the molecule is CC/C=C\C/C=C\C/C=C\C/C=C\CCCCCCCCCCCCC(=O)OC(COC(=O)CCCCCCCCCC)COC(=O)CCCCCCCCCCCCCCCCCCCC/C=C\C/C=C\C/C=C\CCCCCCC. The van der Waals surface area contributed by atoms with Gasteiger partial charge in [0.2, 0.25) is 0 Å². The molecule has 0 saturated heterocycles. The predicted molar refractivity (Wildman–Crippen MR) is 358 cm³/mol. The summed E-state index contributed by atoms with van der Waals surface area (Å²) in [5, 5.41) is 0. The maximum Gasteiger partial charge on any atom is 0.306 e. The van der Waals surface area contributed by atoms with Gasteiger partial charge in [-0.1, -0.05) is 331 Å². The van der Waals surface area contributed by atoms with Crippen molar-refractivity contribution in [1.29, 1.82) is 0 Å². The average molecular weight is 1140 g/mol. The zero-order valence-electron chi connectivity index (χ0n) is 54.5. The Morgan fingerprint density at radius 1 is 0.256 bits per heavy atom. The molecule has 6 nitrogen and oxygen atoms in total. The molecule has 0 radical (unpaired) electrons. The maximum atomic E-state index is 12.9. The van der Waals surface area contributed by atoms with Gasteiger partial charge in [0, 0.05) is 19.3 Å². The molecule has 0 amide bonds. The quantitative estimate of drug-likeness (QED) is 0.0261. The van der Waals surface area contributed by atoms with Gasteiger partial charge in [-0.3, -0.25) is 14.4 Å². The number of carbonyl (C=O) groups excluding carboxylic acids is 3. The summed E-state index contributed by atoms with van der Waals surface area (Å²) in [6.07, 6.45) is 93.5. The van der Waals surface area contributed by atoms with Gasteiger partial charge in [-0.2, -0.15) is 0 Å². The van der Waals surface area contributed by atoms with E-state index in [1.54, 1.807) is 0 Å². The van der Waals surface area contributed by atoms with Crippen LogP contribution < -0.4 is 0 Å². The Labute approximate surface area is 509 Å². The molecule has 0 fully saturated rings. The van der Waals surface area contributed by atoms with Crippen LogP contribution in [0.1, 0.15) is 361 Å². The summed E-state index contributed by atoms with van der Waals surface area (Å²) in [6.45, 7) is 6.53. The van der Waals surface area contributed by atoms with E-state index in [1.807, 2.05) is 0 Å². The highest BCUT2D eigenvalue weighted by Crippen LogP contribution is 2.18. The molecule has 0 spiro atoms. The molecule has 0 aromatic rings. The number of unbranched alkanes of at least 4 members (excludes halogenated alkanes) is 40. The number of ether oxygens (including phenoxy) is 3. The molecule has 474 valence electrons.